The number of amides is 1. The molecule has 110 valence electrons. The Morgan fingerprint density at radius 1 is 1.19 bits per heavy atom. The van der Waals surface area contributed by atoms with Gasteiger partial charge in [-0.15, -0.1) is 0 Å². The van der Waals surface area contributed by atoms with Crippen molar-refractivity contribution in [3.05, 3.63) is 65.5 Å². The van der Waals surface area contributed by atoms with E-state index in [1.807, 2.05) is 31.2 Å². The molecule has 2 aromatic rings. The Hall–Kier alpha value is -2.01. The minimum Gasteiger partial charge on any atom is -0.325 e. The van der Waals surface area contributed by atoms with Crippen molar-refractivity contribution in [3.63, 3.8) is 0 Å². The van der Waals surface area contributed by atoms with Gasteiger partial charge in [0.1, 0.15) is 11.6 Å². The molecule has 2 rings (SSSR count). The van der Waals surface area contributed by atoms with Crippen LogP contribution in [0.25, 0.3) is 0 Å². The zero-order chi connectivity index (χ0) is 15.2. The van der Waals surface area contributed by atoms with Crippen LogP contribution in [0.1, 0.15) is 11.1 Å². The first-order valence-corrected chi connectivity index (χ1v) is 7.97. The summed E-state index contributed by atoms with van der Waals surface area (Å²) in [6.45, 7) is 1.98. The third-order valence-electron chi connectivity index (χ3n) is 2.85. The van der Waals surface area contributed by atoms with E-state index in [9.17, 15) is 13.4 Å². The van der Waals surface area contributed by atoms with Gasteiger partial charge >= 0.3 is 0 Å². The Bertz CT molecular complexity index is 656. The fourth-order valence-electron chi connectivity index (χ4n) is 1.83. The molecule has 0 heterocycles. The molecule has 0 saturated carbocycles. The van der Waals surface area contributed by atoms with E-state index in [2.05, 4.69) is 5.32 Å². The number of carbonyl (C=O) groups is 1. The number of anilines is 1. The van der Waals surface area contributed by atoms with Crippen molar-refractivity contribution in [3.8, 4) is 0 Å². The van der Waals surface area contributed by atoms with Gasteiger partial charge in [-0.05, 0) is 30.7 Å². The second-order valence-corrected chi connectivity index (χ2v) is 6.23. The molecule has 1 atom stereocenters. The SMILES string of the molecule is Cc1ccc(C[S@](=O)CC(=O)Nc2cccc(F)c2)cc1. The summed E-state index contributed by atoms with van der Waals surface area (Å²) >= 11 is 0. The largest absolute Gasteiger partial charge is 0.325 e. The summed E-state index contributed by atoms with van der Waals surface area (Å²) in [5.74, 6) is -0.582. The Balaban J connectivity index is 1.87. The minimum absolute atomic E-state index is 0.107. The molecule has 0 aliphatic heterocycles. The van der Waals surface area contributed by atoms with Gasteiger partial charge in [-0.1, -0.05) is 35.9 Å². The van der Waals surface area contributed by atoms with Gasteiger partial charge in [-0.25, -0.2) is 4.39 Å². The van der Waals surface area contributed by atoms with Gasteiger partial charge in [-0.3, -0.25) is 9.00 Å². The number of benzene rings is 2. The molecule has 0 aliphatic carbocycles. The Labute approximate surface area is 125 Å². The number of aryl methyl sites for hydroxylation is 1. The van der Waals surface area contributed by atoms with Gasteiger partial charge in [0.05, 0.1) is 0 Å². The smallest absolute Gasteiger partial charge is 0.237 e. The first-order valence-electron chi connectivity index (χ1n) is 6.49. The van der Waals surface area contributed by atoms with Gasteiger partial charge in [0.2, 0.25) is 5.91 Å². The fourth-order valence-corrected chi connectivity index (χ4v) is 2.86. The number of nitrogens with one attached hydrogen (secondary N) is 1. The molecule has 0 radical (unpaired) electrons. The molecule has 0 aliphatic rings. The first-order chi connectivity index (χ1) is 10.0. The number of hydrogen-bond acceptors (Lipinski definition) is 2. The summed E-state index contributed by atoms with van der Waals surface area (Å²) < 4.78 is 24.9. The lowest BCUT2D eigenvalue weighted by atomic mass is 10.2. The molecule has 1 N–H and O–H groups in total. The average molecular weight is 305 g/mol. The van der Waals surface area contributed by atoms with Crippen LogP contribution < -0.4 is 5.32 Å². The predicted molar refractivity (Wildman–Crippen MR) is 82.9 cm³/mol. The van der Waals surface area contributed by atoms with Crippen LogP contribution in [-0.4, -0.2) is 15.9 Å². The highest BCUT2D eigenvalue weighted by atomic mass is 32.2. The number of halogens is 1. The Morgan fingerprint density at radius 3 is 2.57 bits per heavy atom. The summed E-state index contributed by atoms with van der Waals surface area (Å²) in [6.07, 6.45) is 0. The molecule has 0 saturated heterocycles. The van der Waals surface area contributed by atoms with Crippen molar-refractivity contribution in [1.82, 2.24) is 0 Å². The van der Waals surface area contributed by atoms with Gasteiger partial charge in [0, 0.05) is 22.2 Å². The number of carbonyl (C=O) groups excluding carboxylic acids is 1. The minimum atomic E-state index is -1.29. The Kier molecular flexibility index (Phi) is 5.22. The second kappa shape index (κ2) is 7.13. The van der Waals surface area contributed by atoms with E-state index in [0.29, 0.717) is 11.4 Å². The van der Waals surface area contributed by atoms with Crippen molar-refractivity contribution >= 4 is 22.4 Å². The molecule has 5 heteroatoms. The Morgan fingerprint density at radius 2 is 1.90 bits per heavy atom. The fraction of sp³-hybridized carbons (Fsp3) is 0.188. The molecule has 2 aromatic carbocycles. The summed E-state index contributed by atoms with van der Waals surface area (Å²) in [6, 6.07) is 13.3. The number of rotatable bonds is 5. The quantitative estimate of drug-likeness (QED) is 0.923. The van der Waals surface area contributed by atoms with Crippen molar-refractivity contribution in [2.45, 2.75) is 12.7 Å². The second-order valence-electron chi connectivity index (χ2n) is 4.77. The van der Waals surface area contributed by atoms with Crippen LogP contribution in [-0.2, 0) is 21.3 Å². The van der Waals surface area contributed by atoms with Crippen LogP contribution in [0.4, 0.5) is 10.1 Å². The van der Waals surface area contributed by atoms with Gasteiger partial charge in [0.25, 0.3) is 0 Å². The van der Waals surface area contributed by atoms with E-state index in [0.717, 1.165) is 11.1 Å². The molecule has 1 amide bonds. The van der Waals surface area contributed by atoms with E-state index < -0.39 is 16.6 Å². The third-order valence-corrected chi connectivity index (χ3v) is 4.09. The highest BCUT2D eigenvalue weighted by Crippen LogP contribution is 2.10. The first kappa shape index (κ1) is 15.4. The maximum Gasteiger partial charge on any atom is 0.237 e. The van der Waals surface area contributed by atoms with Crippen molar-refractivity contribution in [2.24, 2.45) is 0 Å². The molecular formula is C16H16FNO2S. The lowest BCUT2D eigenvalue weighted by Gasteiger charge is -2.06. The standard InChI is InChI=1S/C16H16FNO2S/c1-12-5-7-13(8-6-12)10-21(20)11-16(19)18-15-4-2-3-14(17)9-15/h2-9H,10-11H2,1H3,(H,18,19)/t21-/m0/s1. The maximum absolute atomic E-state index is 13.0. The molecule has 0 fully saturated rings. The topological polar surface area (TPSA) is 46.2 Å². The van der Waals surface area contributed by atoms with Crippen molar-refractivity contribution in [1.29, 1.82) is 0 Å². The predicted octanol–water partition coefficient (Wildman–Crippen LogP) is 3.02. The van der Waals surface area contributed by atoms with Crippen LogP contribution in [0.5, 0.6) is 0 Å². The summed E-state index contributed by atoms with van der Waals surface area (Å²) in [7, 11) is -1.29. The van der Waals surface area contributed by atoms with Crippen molar-refractivity contribution < 1.29 is 13.4 Å². The van der Waals surface area contributed by atoms with Crippen LogP contribution in [0, 0.1) is 12.7 Å². The molecule has 0 bridgehead atoms. The van der Waals surface area contributed by atoms with Gasteiger partial charge in [0.15, 0.2) is 0 Å². The van der Waals surface area contributed by atoms with E-state index in [4.69, 9.17) is 0 Å². The lowest BCUT2D eigenvalue weighted by molar-refractivity contribution is -0.113. The highest BCUT2D eigenvalue weighted by Gasteiger charge is 2.09. The van der Waals surface area contributed by atoms with E-state index in [1.165, 1.54) is 18.2 Å². The molecule has 0 spiro atoms. The summed E-state index contributed by atoms with van der Waals surface area (Å²) in [5, 5.41) is 2.54. The molecule has 21 heavy (non-hydrogen) atoms. The number of hydrogen-bond donors (Lipinski definition) is 1. The average Bonchev–Trinajstić information content (AvgIpc) is 2.41. The monoisotopic (exact) mass is 305 g/mol. The highest BCUT2D eigenvalue weighted by molar-refractivity contribution is 7.84. The molecular weight excluding hydrogens is 289 g/mol. The third kappa shape index (κ3) is 5.11. The molecule has 0 unspecified atom stereocenters. The van der Waals surface area contributed by atoms with Gasteiger partial charge in [-0.2, -0.15) is 0 Å². The van der Waals surface area contributed by atoms with Crippen LogP contribution >= 0.6 is 0 Å². The van der Waals surface area contributed by atoms with E-state index >= 15 is 0 Å². The molecule has 3 nitrogen and oxygen atoms in total. The van der Waals surface area contributed by atoms with Crippen LogP contribution in [0.2, 0.25) is 0 Å². The zero-order valence-corrected chi connectivity index (χ0v) is 12.5. The summed E-state index contributed by atoms with van der Waals surface area (Å²) in [5.41, 5.74) is 2.43. The normalized spacial score (nSPS) is 11.9. The molecule has 0 aromatic heterocycles. The zero-order valence-electron chi connectivity index (χ0n) is 11.6. The van der Waals surface area contributed by atoms with Gasteiger partial charge < -0.3 is 5.32 Å². The van der Waals surface area contributed by atoms with Crippen LogP contribution in [0.3, 0.4) is 0 Å². The van der Waals surface area contributed by atoms with Crippen LogP contribution in [0.15, 0.2) is 48.5 Å². The lowest BCUT2D eigenvalue weighted by Crippen LogP contribution is -2.20. The maximum atomic E-state index is 13.0. The van der Waals surface area contributed by atoms with E-state index in [1.54, 1.807) is 6.07 Å². The van der Waals surface area contributed by atoms with Crippen molar-refractivity contribution in [2.75, 3.05) is 11.1 Å². The van der Waals surface area contributed by atoms with E-state index in [-0.39, 0.29) is 11.7 Å². The summed E-state index contributed by atoms with van der Waals surface area (Å²) in [4.78, 5) is 11.8.